The zero-order chi connectivity index (χ0) is 16.1. The molecule has 0 spiro atoms. The van der Waals surface area contributed by atoms with E-state index in [1.807, 2.05) is 37.3 Å². The Bertz CT molecular complexity index is 519. The number of hydrogen-bond donors (Lipinski definition) is 0. The van der Waals surface area contributed by atoms with Gasteiger partial charge in [-0.25, -0.2) is 0 Å². The largest absolute Gasteiger partial charge is 0.458 e. The second-order valence-corrected chi connectivity index (χ2v) is 6.39. The molecule has 1 fully saturated rings. The molecule has 1 aliphatic rings. The Balaban J connectivity index is 2.07. The van der Waals surface area contributed by atoms with Gasteiger partial charge in [-0.2, -0.15) is 0 Å². The number of esters is 2. The summed E-state index contributed by atoms with van der Waals surface area (Å²) < 4.78 is 16.5. The highest BCUT2D eigenvalue weighted by atomic mass is 32.2. The Hall–Kier alpha value is -1.53. The Labute approximate surface area is 134 Å². The molecule has 0 amide bonds. The molecular weight excluding hydrogens is 304 g/mol. The Morgan fingerprint density at radius 3 is 2.36 bits per heavy atom. The van der Waals surface area contributed by atoms with Crippen molar-refractivity contribution in [3.8, 4) is 0 Å². The van der Waals surface area contributed by atoms with Gasteiger partial charge >= 0.3 is 11.9 Å². The van der Waals surface area contributed by atoms with Gasteiger partial charge in [-0.05, 0) is 19.1 Å². The van der Waals surface area contributed by atoms with Gasteiger partial charge in [0.2, 0.25) is 0 Å². The van der Waals surface area contributed by atoms with Gasteiger partial charge in [-0.1, -0.05) is 30.0 Å². The molecule has 1 unspecified atom stereocenters. The normalized spacial score (nSPS) is 28.0. The molecule has 0 bridgehead atoms. The van der Waals surface area contributed by atoms with Crippen LogP contribution in [-0.4, -0.2) is 35.7 Å². The van der Waals surface area contributed by atoms with Crippen LogP contribution >= 0.6 is 11.8 Å². The minimum absolute atomic E-state index is 0.159. The lowest BCUT2D eigenvalue weighted by Gasteiger charge is -2.38. The summed E-state index contributed by atoms with van der Waals surface area (Å²) in [4.78, 5) is 23.6. The summed E-state index contributed by atoms with van der Waals surface area (Å²) in [5.41, 5.74) is -0.159. The fourth-order valence-electron chi connectivity index (χ4n) is 2.42. The minimum atomic E-state index is -0.575. The van der Waals surface area contributed by atoms with Crippen molar-refractivity contribution in [2.24, 2.45) is 0 Å². The number of thioether (sulfide) groups is 1. The minimum Gasteiger partial charge on any atom is -0.458 e. The first-order chi connectivity index (χ1) is 10.5. The number of rotatable bonds is 4. The molecule has 0 saturated carbocycles. The van der Waals surface area contributed by atoms with E-state index in [2.05, 4.69) is 0 Å². The van der Waals surface area contributed by atoms with Crippen LogP contribution in [0.1, 0.15) is 27.2 Å². The molecule has 1 saturated heterocycles. The maximum absolute atomic E-state index is 11.3. The summed E-state index contributed by atoms with van der Waals surface area (Å²) in [6, 6.07) is 9.86. The molecule has 0 N–H and O–H groups in total. The molecule has 22 heavy (non-hydrogen) atoms. The molecular formula is C16H20O5S. The predicted molar refractivity (Wildman–Crippen MR) is 82.4 cm³/mol. The zero-order valence-electron chi connectivity index (χ0n) is 12.9. The fraction of sp³-hybridized carbons (Fsp3) is 0.500. The lowest BCUT2D eigenvalue weighted by Crippen LogP contribution is -2.49. The van der Waals surface area contributed by atoms with E-state index in [0.29, 0.717) is 6.42 Å². The molecule has 0 aliphatic carbocycles. The van der Waals surface area contributed by atoms with Crippen molar-refractivity contribution >= 4 is 23.7 Å². The third kappa shape index (κ3) is 4.74. The van der Waals surface area contributed by atoms with Crippen molar-refractivity contribution in [3.63, 3.8) is 0 Å². The highest BCUT2D eigenvalue weighted by Crippen LogP contribution is 2.34. The molecule has 4 atom stereocenters. The summed E-state index contributed by atoms with van der Waals surface area (Å²) in [6.45, 7) is 4.51. The SMILES string of the molecule is CC(=O)O[C@H]1[C@H](C)OC(Sc2ccccc2)C[C@@H]1OC(C)=O. The van der Waals surface area contributed by atoms with Crippen LogP contribution in [0.25, 0.3) is 0 Å². The molecule has 1 aromatic rings. The van der Waals surface area contributed by atoms with E-state index in [0.717, 1.165) is 4.90 Å². The van der Waals surface area contributed by atoms with Crippen molar-refractivity contribution in [2.45, 2.75) is 55.8 Å². The van der Waals surface area contributed by atoms with E-state index in [1.165, 1.54) is 13.8 Å². The first-order valence-electron chi connectivity index (χ1n) is 7.17. The highest BCUT2D eigenvalue weighted by Gasteiger charge is 2.41. The van der Waals surface area contributed by atoms with Gasteiger partial charge in [0.1, 0.15) is 11.5 Å². The van der Waals surface area contributed by atoms with Crippen LogP contribution < -0.4 is 0 Å². The van der Waals surface area contributed by atoms with Crippen LogP contribution in [0.5, 0.6) is 0 Å². The van der Waals surface area contributed by atoms with Crippen LogP contribution in [-0.2, 0) is 23.8 Å². The Morgan fingerprint density at radius 1 is 1.14 bits per heavy atom. The van der Waals surface area contributed by atoms with Crippen LogP contribution in [0.2, 0.25) is 0 Å². The smallest absolute Gasteiger partial charge is 0.303 e. The molecule has 1 aromatic carbocycles. The van der Waals surface area contributed by atoms with Gasteiger partial charge in [-0.15, -0.1) is 0 Å². The summed E-state index contributed by atoms with van der Waals surface area (Å²) >= 11 is 1.57. The van der Waals surface area contributed by atoms with E-state index in [9.17, 15) is 9.59 Å². The summed E-state index contributed by atoms with van der Waals surface area (Å²) in [5, 5.41) is 0. The van der Waals surface area contributed by atoms with Gasteiger partial charge in [0.05, 0.1) is 6.10 Å². The number of ether oxygens (including phenoxy) is 3. The predicted octanol–water partition coefficient (Wildman–Crippen LogP) is 2.78. The first-order valence-corrected chi connectivity index (χ1v) is 8.05. The van der Waals surface area contributed by atoms with Gasteiger partial charge in [0.25, 0.3) is 0 Å². The number of benzene rings is 1. The quantitative estimate of drug-likeness (QED) is 0.794. The summed E-state index contributed by atoms with van der Waals surface area (Å²) in [7, 11) is 0. The van der Waals surface area contributed by atoms with Crippen LogP contribution in [0, 0.1) is 0 Å². The van der Waals surface area contributed by atoms with E-state index in [-0.39, 0.29) is 17.5 Å². The van der Waals surface area contributed by atoms with Crippen molar-refractivity contribution in [2.75, 3.05) is 0 Å². The first kappa shape index (κ1) is 16.8. The molecule has 0 aromatic heterocycles. The standard InChI is InChI=1S/C16H20O5S/c1-10-16(21-12(3)18)14(20-11(2)17)9-15(19-10)22-13-7-5-4-6-8-13/h4-8,10,14-16H,9H2,1-3H3/t10-,14-,15?,16-/m0/s1. The highest BCUT2D eigenvalue weighted by molar-refractivity contribution is 7.99. The third-order valence-electron chi connectivity index (χ3n) is 3.25. The average molecular weight is 324 g/mol. The van der Waals surface area contributed by atoms with Crippen molar-refractivity contribution in [1.29, 1.82) is 0 Å². The second kappa shape index (κ2) is 7.65. The van der Waals surface area contributed by atoms with Gasteiger partial charge in [0, 0.05) is 25.2 Å². The molecule has 0 radical (unpaired) electrons. The van der Waals surface area contributed by atoms with E-state index in [1.54, 1.807) is 11.8 Å². The molecule has 1 heterocycles. The van der Waals surface area contributed by atoms with Crippen LogP contribution in [0.3, 0.4) is 0 Å². The van der Waals surface area contributed by atoms with Crippen LogP contribution in [0.15, 0.2) is 35.2 Å². The lowest BCUT2D eigenvalue weighted by atomic mass is 10.0. The lowest BCUT2D eigenvalue weighted by molar-refractivity contribution is -0.194. The number of carbonyl (C=O) groups excluding carboxylic acids is 2. The second-order valence-electron chi connectivity index (χ2n) is 5.16. The number of carbonyl (C=O) groups is 2. The van der Waals surface area contributed by atoms with Crippen LogP contribution in [0.4, 0.5) is 0 Å². The number of hydrogen-bond acceptors (Lipinski definition) is 6. The average Bonchev–Trinajstić information content (AvgIpc) is 2.43. The van der Waals surface area contributed by atoms with Gasteiger partial charge in [0.15, 0.2) is 6.10 Å². The monoisotopic (exact) mass is 324 g/mol. The fourth-order valence-corrected chi connectivity index (χ4v) is 3.55. The zero-order valence-corrected chi connectivity index (χ0v) is 13.7. The Kier molecular flexibility index (Phi) is 5.85. The molecule has 120 valence electrons. The summed E-state index contributed by atoms with van der Waals surface area (Å²) in [5.74, 6) is -0.800. The van der Waals surface area contributed by atoms with E-state index in [4.69, 9.17) is 14.2 Å². The van der Waals surface area contributed by atoms with E-state index < -0.39 is 18.2 Å². The van der Waals surface area contributed by atoms with E-state index >= 15 is 0 Å². The van der Waals surface area contributed by atoms with Crippen molar-refractivity contribution in [3.05, 3.63) is 30.3 Å². The van der Waals surface area contributed by atoms with Crippen molar-refractivity contribution < 1.29 is 23.8 Å². The molecule has 2 rings (SSSR count). The topological polar surface area (TPSA) is 61.8 Å². The maximum atomic E-state index is 11.3. The van der Waals surface area contributed by atoms with Gasteiger partial charge in [-0.3, -0.25) is 9.59 Å². The van der Waals surface area contributed by atoms with Gasteiger partial charge < -0.3 is 14.2 Å². The molecule has 6 heteroatoms. The molecule has 1 aliphatic heterocycles. The third-order valence-corrected chi connectivity index (χ3v) is 4.36. The Morgan fingerprint density at radius 2 is 1.77 bits per heavy atom. The molecule has 5 nitrogen and oxygen atoms in total. The summed E-state index contributed by atoms with van der Waals surface area (Å²) in [6.07, 6.45) is -0.940. The van der Waals surface area contributed by atoms with Crippen molar-refractivity contribution in [1.82, 2.24) is 0 Å². The maximum Gasteiger partial charge on any atom is 0.303 e.